The fraction of sp³-hybridized carbons (Fsp3) is 0.133. The summed E-state index contributed by atoms with van der Waals surface area (Å²) in [6.45, 7) is 2.01. The molecule has 0 saturated heterocycles. The molecule has 1 N–H and O–H groups in total. The molecule has 2 heterocycles. The molecule has 0 aliphatic heterocycles. The number of pyridine rings is 1. The molecule has 1 amide bonds. The quantitative estimate of drug-likeness (QED) is 0.806. The second kappa shape index (κ2) is 5.49. The fourth-order valence-corrected chi connectivity index (χ4v) is 2.95. The third kappa shape index (κ3) is 2.57. The molecule has 3 aromatic rings. The lowest BCUT2D eigenvalue weighted by molar-refractivity contribution is 0.102. The Morgan fingerprint density at radius 2 is 2.00 bits per heavy atom. The number of amides is 1. The molecule has 106 valence electrons. The molecule has 1 aromatic carbocycles. The Kier molecular flexibility index (Phi) is 3.53. The smallest absolute Gasteiger partial charge is 0.257 e. The summed E-state index contributed by atoms with van der Waals surface area (Å²) >= 11 is 1.44. The van der Waals surface area contributed by atoms with Crippen LogP contribution in [0.4, 0.5) is 5.13 Å². The van der Waals surface area contributed by atoms with E-state index in [4.69, 9.17) is 4.74 Å². The van der Waals surface area contributed by atoms with E-state index in [0.29, 0.717) is 16.4 Å². The van der Waals surface area contributed by atoms with E-state index in [2.05, 4.69) is 15.3 Å². The average Bonchev–Trinajstić information content (AvgIpc) is 2.93. The first-order valence-corrected chi connectivity index (χ1v) is 7.16. The number of nitrogens with zero attached hydrogens (tertiary/aromatic N) is 2. The number of carbonyl (C=O) groups is 1. The van der Waals surface area contributed by atoms with E-state index in [-0.39, 0.29) is 5.91 Å². The second-order valence-electron chi connectivity index (χ2n) is 4.47. The highest BCUT2D eigenvalue weighted by Gasteiger charge is 2.13. The second-order valence-corrected chi connectivity index (χ2v) is 5.47. The Balaban J connectivity index is 1.95. The number of methoxy groups -OCH3 is 1. The van der Waals surface area contributed by atoms with Gasteiger partial charge in [-0.05, 0) is 30.7 Å². The minimum Gasteiger partial charge on any atom is -0.494 e. The van der Waals surface area contributed by atoms with E-state index in [1.54, 1.807) is 31.6 Å². The first-order chi connectivity index (χ1) is 10.2. The number of fused-ring (bicyclic) bond motifs is 1. The van der Waals surface area contributed by atoms with Crippen molar-refractivity contribution in [2.24, 2.45) is 0 Å². The van der Waals surface area contributed by atoms with Gasteiger partial charge < -0.3 is 4.74 Å². The Morgan fingerprint density at radius 3 is 2.71 bits per heavy atom. The molecular weight excluding hydrogens is 286 g/mol. The maximum absolute atomic E-state index is 12.1. The number of aromatic nitrogens is 2. The summed E-state index contributed by atoms with van der Waals surface area (Å²) in [5, 5.41) is 3.37. The number of hydrogen-bond acceptors (Lipinski definition) is 5. The Bertz CT molecular complexity index is 799. The summed E-state index contributed by atoms with van der Waals surface area (Å²) in [4.78, 5) is 20.5. The van der Waals surface area contributed by atoms with Crippen molar-refractivity contribution in [1.29, 1.82) is 0 Å². The van der Waals surface area contributed by atoms with Gasteiger partial charge >= 0.3 is 0 Å². The topological polar surface area (TPSA) is 64.1 Å². The molecule has 0 unspecified atom stereocenters. The number of benzene rings is 1. The molecule has 0 spiro atoms. The average molecular weight is 299 g/mol. The number of thiazole rings is 1. The Hall–Kier alpha value is -2.47. The van der Waals surface area contributed by atoms with Crippen molar-refractivity contribution in [1.82, 2.24) is 9.97 Å². The van der Waals surface area contributed by atoms with Crippen LogP contribution in [0.3, 0.4) is 0 Å². The van der Waals surface area contributed by atoms with E-state index in [1.807, 2.05) is 19.1 Å². The molecule has 6 heteroatoms. The van der Waals surface area contributed by atoms with Crippen molar-refractivity contribution in [2.45, 2.75) is 6.92 Å². The van der Waals surface area contributed by atoms with Gasteiger partial charge in [0.25, 0.3) is 5.91 Å². The zero-order valence-corrected chi connectivity index (χ0v) is 12.4. The van der Waals surface area contributed by atoms with E-state index >= 15 is 0 Å². The lowest BCUT2D eigenvalue weighted by Crippen LogP contribution is -2.11. The van der Waals surface area contributed by atoms with Gasteiger partial charge in [-0.15, -0.1) is 0 Å². The van der Waals surface area contributed by atoms with Crippen LogP contribution in [0.5, 0.6) is 5.75 Å². The molecule has 0 aliphatic rings. The highest BCUT2D eigenvalue weighted by Crippen LogP contribution is 2.34. The van der Waals surface area contributed by atoms with Gasteiger partial charge in [0.05, 0.1) is 11.8 Å². The van der Waals surface area contributed by atoms with Gasteiger partial charge in [-0.3, -0.25) is 15.1 Å². The molecule has 0 fully saturated rings. The van der Waals surface area contributed by atoms with E-state index in [0.717, 1.165) is 15.8 Å². The first kappa shape index (κ1) is 13.5. The van der Waals surface area contributed by atoms with Crippen LogP contribution < -0.4 is 10.1 Å². The SMILES string of the molecule is COc1ccc(C)c2sc(NC(=O)c3ccncc3)nc12. The van der Waals surface area contributed by atoms with Crippen molar-refractivity contribution in [3.8, 4) is 5.75 Å². The zero-order chi connectivity index (χ0) is 14.8. The molecule has 5 nitrogen and oxygen atoms in total. The van der Waals surface area contributed by atoms with Gasteiger partial charge in [0.15, 0.2) is 5.13 Å². The van der Waals surface area contributed by atoms with Gasteiger partial charge in [0.2, 0.25) is 0 Å². The maximum atomic E-state index is 12.1. The van der Waals surface area contributed by atoms with Crippen LogP contribution in [0.1, 0.15) is 15.9 Å². The summed E-state index contributed by atoms with van der Waals surface area (Å²) in [5.74, 6) is 0.504. The summed E-state index contributed by atoms with van der Waals surface area (Å²) in [7, 11) is 1.61. The molecule has 0 radical (unpaired) electrons. The van der Waals surface area contributed by atoms with E-state index in [9.17, 15) is 4.79 Å². The highest BCUT2D eigenvalue weighted by atomic mass is 32.1. The van der Waals surface area contributed by atoms with Gasteiger partial charge in [-0.25, -0.2) is 4.98 Å². The van der Waals surface area contributed by atoms with Gasteiger partial charge in [0, 0.05) is 18.0 Å². The predicted octanol–water partition coefficient (Wildman–Crippen LogP) is 3.26. The molecule has 0 saturated carbocycles. The predicted molar refractivity (Wildman–Crippen MR) is 83.1 cm³/mol. The third-order valence-electron chi connectivity index (χ3n) is 3.09. The van der Waals surface area contributed by atoms with Crippen molar-refractivity contribution in [2.75, 3.05) is 12.4 Å². The van der Waals surface area contributed by atoms with Crippen LogP contribution in [-0.4, -0.2) is 23.0 Å². The van der Waals surface area contributed by atoms with E-state index < -0.39 is 0 Å². The summed E-state index contributed by atoms with van der Waals surface area (Å²) in [6.07, 6.45) is 3.17. The monoisotopic (exact) mass is 299 g/mol. The number of ether oxygens (including phenoxy) is 1. The molecule has 2 aromatic heterocycles. The van der Waals surface area contributed by atoms with Crippen molar-refractivity contribution < 1.29 is 9.53 Å². The van der Waals surface area contributed by atoms with Gasteiger partial charge in [-0.2, -0.15) is 0 Å². The summed E-state index contributed by atoms with van der Waals surface area (Å²) in [5.41, 5.74) is 2.42. The molecular formula is C15H13N3O2S. The van der Waals surface area contributed by atoms with Crippen LogP contribution in [-0.2, 0) is 0 Å². The fourth-order valence-electron chi connectivity index (χ4n) is 2.00. The highest BCUT2D eigenvalue weighted by molar-refractivity contribution is 7.22. The summed E-state index contributed by atoms with van der Waals surface area (Å²) in [6, 6.07) is 7.18. The minimum atomic E-state index is -0.201. The largest absolute Gasteiger partial charge is 0.494 e. The first-order valence-electron chi connectivity index (χ1n) is 6.34. The summed E-state index contributed by atoms with van der Waals surface area (Å²) < 4.78 is 6.32. The van der Waals surface area contributed by atoms with Crippen LogP contribution >= 0.6 is 11.3 Å². The number of anilines is 1. The van der Waals surface area contributed by atoms with Gasteiger partial charge in [-0.1, -0.05) is 17.4 Å². The molecule has 0 bridgehead atoms. The molecule has 21 heavy (non-hydrogen) atoms. The van der Waals surface area contributed by atoms with Gasteiger partial charge in [0.1, 0.15) is 11.3 Å². The van der Waals surface area contributed by atoms with Crippen molar-refractivity contribution in [3.63, 3.8) is 0 Å². The third-order valence-corrected chi connectivity index (χ3v) is 4.19. The lowest BCUT2D eigenvalue weighted by atomic mass is 10.2. The zero-order valence-electron chi connectivity index (χ0n) is 11.6. The number of aryl methyl sites for hydroxylation is 1. The van der Waals surface area contributed by atoms with E-state index in [1.165, 1.54) is 11.3 Å². The number of carbonyl (C=O) groups excluding carboxylic acids is 1. The van der Waals surface area contributed by atoms with Crippen LogP contribution in [0.2, 0.25) is 0 Å². The van der Waals surface area contributed by atoms with Crippen molar-refractivity contribution in [3.05, 3.63) is 47.8 Å². The standard InChI is InChI=1S/C15H13N3O2S/c1-9-3-4-11(20-2)12-13(9)21-15(17-12)18-14(19)10-5-7-16-8-6-10/h3-8H,1-2H3,(H,17,18,19). The molecule has 0 atom stereocenters. The van der Waals surface area contributed by atoms with Crippen LogP contribution in [0.25, 0.3) is 10.2 Å². The Morgan fingerprint density at radius 1 is 1.24 bits per heavy atom. The lowest BCUT2D eigenvalue weighted by Gasteiger charge is -2.01. The number of rotatable bonds is 3. The maximum Gasteiger partial charge on any atom is 0.257 e. The van der Waals surface area contributed by atoms with Crippen molar-refractivity contribution >= 4 is 32.6 Å². The normalized spacial score (nSPS) is 10.6. The number of nitrogens with one attached hydrogen (secondary N) is 1. The van der Waals surface area contributed by atoms with Crippen LogP contribution in [0.15, 0.2) is 36.7 Å². The minimum absolute atomic E-state index is 0.201. The number of hydrogen-bond donors (Lipinski definition) is 1. The molecule has 0 aliphatic carbocycles. The molecule has 3 rings (SSSR count). The van der Waals surface area contributed by atoms with Crippen LogP contribution in [0, 0.1) is 6.92 Å². The Labute approximate surface area is 125 Å².